The Kier molecular flexibility index (Phi) is 27.1. The summed E-state index contributed by atoms with van der Waals surface area (Å²) >= 11 is 0. The lowest BCUT2D eigenvalue weighted by Crippen LogP contribution is -2.52. The summed E-state index contributed by atoms with van der Waals surface area (Å²) < 4.78 is 62.7. The highest BCUT2D eigenvalue weighted by Gasteiger charge is 2.46. The lowest BCUT2D eigenvalue weighted by molar-refractivity contribution is -0.115. The standard InChI is InChI=1S/C32H42N4O8S.C24H35N3O5.C9H11NO/c1-22(37)34-24-10-12-25(13-11-24)45(40,41)36(21-32(2,3)15-7-16-33)19-28(38)27(18-23-8-5-4-6-9-23)35-31(39)44-29-20-43-30-26(29)14-17-42-30;1-24(2,10-6-11-25)16-26-14-20(28)19(13-17-7-4-3-5-8-17)27-23(29)32-21-15-31-22-18(21)9-12-30-22;1-7-3-5-9(6-4-7)10-8(2)11/h4-6,8-13,26-30,38H,7,14-15,17-21H2,1-3H3,(H,34,37)(H,35,39);3-5,7-8,18-22,26,28H,6,9-10,12-16H2,1-2H3,(H,27,29);3-6H,1-2H3,(H,10,11)/t26-,27-,28+,29-,30+;18-,19-,20+,21-,22+;/m00./s1. The van der Waals surface area contributed by atoms with E-state index in [-0.39, 0.29) is 78.9 Å². The summed E-state index contributed by atoms with van der Waals surface area (Å²) in [5.41, 5.74) is 3.66. The normalized spacial score (nSPS) is 20.8. The topological polar surface area (TPSA) is 309 Å². The minimum atomic E-state index is -4.16. The minimum absolute atomic E-state index is 0.00645. The number of aliphatic hydroxyl groups excluding tert-OH is 2. The molecule has 23 heteroatoms. The van der Waals surface area contributed by atoms with E-state index in [1.165, 1.54) is 48.0 Å². The van der Waals surface area contributed by atoms with Crippen LogP contribution in [0.4, 0.5) is 21.0 Å². The molecule has 4 fully saturated rings. The number of carbonyl (C=O) groups excluding carboxylic acids is 4. The summed E-state index contributed by atoms with van der Waals surface area (Å²) in [4.78, 5) is 47.8. The number of benzene rings is 4. The van der Waals surface area contributed by atoms with Crippen molar-refractivity contribution < 1.29 is 66.2 Å². The Balaban J connectivity index is 0.000000248. The fraction of sp³-hybridized carbons (Fsp3) is 0.538. The lowest BCUT2D eigenvalue weighted by atomic mass is 9.88. The van der Waals surface area contributed by atoms with Crippen LogP contribution in [0.2, 0.25) is 0 Å². The maximum Gasteiger partial charge on any atom is 0.407 e. The molecule has 4 aliphatic rings. The van der Waals surface area contributed by atoms with E-state index in [2.05, 4.69) is 52.6 Å². The number of fused-ring (bicyclic) bond motifs is 2. The summed E-state index contributed by atoms with van der Waals surface area (Å²) in [6, 6.07) is 35.3. The Labute approximate surface area is 518 Å². The quantitative estimate of drug-likeness (QED) is 0.0316. The van der Waals surface area contributed by atoms with Crippen LogP contribution in [-0.4, -0.2) is 149 Å². The van der Waals surface area contributed by atoms with Gasteiger partial charge in [-0.1, -0.05) is 106 Å². The zero-order valence-corrected chi connectivity index (χ0v) is 52.3. The number of nitriles is 2. The van der Waals surface area contributed by atoms with E-state index in [1.807, 2.05) is 106 Å². The molecule has 0 aliphatic carbocycles. The van der Waals surface area contributed by atoms with E-state index in [9.17, 15) is 37.8 Å². The third kappa shape index (κ3) is 22.8. The molecule has 7 N–H and O–H groups in total. The molecule has 4 aliphatic heterocycles. The number of hydrogen-bond donors (Lipinski definition) is 7. The molecule has 0 unspecified atom stereocenters. The molecule has 478 valence electrons. The number of anilines is 2. The molecule has 0 saturated carbocycles. The lowest BCUT2D eigenvalue weighted by Gasteiger charge is -2.35. The van der Waals surface area contributed by atoms with E-state index < -0.39 is 64.3 Å². The Morgan fingerprint density at radius 3 is 1.55 bits per heavy atom. The zero-order valence-electron chi connectivity index (χ0n) is 51.5. The van der Waals surface area contributed by atoms with Crippen molar-refractivity contribution >= 4 is 45.4 Å². The van der Waals surface area contributed by atoms with Crippen molar-refractivity contribution in [3.8, 4) is 12.1 Å². The molecule has 0 bridgehead atoms. The third-order valence-electron chi connectivity index (χ3n) is 15.6. The number of ether oxygens (including phenoxy) is 6. The van der Waals surface area contributed by atoms with Crippen LogP contribution < -0.4 is 26.6 Å². The van der Waals surface area contributed by atoms with Gasteiger partial charge < -0.3 is 65.2 Å². The van der Waals surface area contributed by atoms with Gasteiger partial charge in [0, 0.05) is 64.2 Å². The van der Waals surface area contributed by atoms with Crippen LogP contribution in [0.15, 0.2) is 114 Å². The molecule has 88 heavy (non-hydrogen) atoms. The second-order valence-corrected chi connectivity index (χ2v) is 26.2. The van der Waals surface area contributed by atoms with Gasteiger partial charge in [0.05, 0.1) is 79.6 Å². The van der Waals surface area contributed by atoms with Gasteiger partial charge >= 0.3 is 12.2 Å². The first-order valence-corrected chi connectivity index (χ1v) is 31.4. The van der Waals surface area contributed by atoms with E-state index in [0.29, 0.717) is 64.3 Å². The van der Waals surface area contributed by atoms with Crippen LogP contribution in [0.1, 0.15) is 96.8 Å². The van der Waals surface area contributed by atoms with Crippen LogP contribution in [-0.2, 0) is 60.9 Å². The maximum atomic E-state index is 14.0. The number of hydrogen-bond acceptors (Lipinski definition) is 17. The predicted molar refractivity (Wildman–Crippen MR) is 329 cm³/mol. The van der Waals surface area contributed by atoms with Gasteiger partial charge in [-0.3, -0.25) is 9.59 Å². The third-order valence-corrected chi connectivity index (χ3v) is 17.4. The van der Waals surface area contributed by atoms with Gasteiger partial charge in [0.2, 0.25) is 21.8 Å². The fourth-order valence-electron chi connectivity index (χ4n) is 10.7. The van der Waals surface area contributed by atoms with Gasteiger partial charge in [0.15, 0.2) is 12.6 Å². The number of alkyl carbamates (subject to hydrolysis) is 2. The molecular formula is C65H88N8O14S. The van der Waals surface area contributed by atoms with Crippen LogP contribution in [0.5, 0.6) is 0 Å². The molecule has 4 heterocycles. The Morgan fingerprint density at radius 1 is 0.648 bits per heavy atom. The minimum Gasteiger partial charge on any atom is -0.443 e. The van der Waals surface area contributed by atoms with Crippen molar-refractivity contribution in [2.45, 2.75) is 154 Å². The first-order chi connectivity index (χ1) is 41.9. The van der Waals surface area contributed by atoms with Gasteiger partial charge in [0.25, 0.3) is 0 Å². The first-order valence-electron chi connectivity index (χ1n) is 30.0. The molecule has 8 rings (SSSR count). The summed E-state index contributed by atoms with van der Waals surface area (Å²) in [5.74, 6) is -0.326. The molecule has 4 saturated heterocycles. The number of aryl methyl sites for hydroxylation is 1. The molecule has 0 radical (unpaired) electrons. The zero-order chi connectivity index (χ0) is 63.9. The highest BCUT2D eigenvalue weighted by atomic mass is 32.2. The monoisotopic (exact) mass is 1240 g/mol. The molecule has 4 aromatic rings. The second-order valence-electron chi connectivity index (χ2n) is 24.3. The average molecular weight is 1240 g/mol. The van der Waals surface area contributed by atoms with Gasteiger partial charge in [-0.05, 0) is 104 Å². The van der Waals surface area contributed by atoms with Gasteiger partial charge in [-0.25, -0.2) is 18.0 Å². The Hall–Kier alpha value is -7.03. The van der Waals surface area contributed by atoms with Crippen molar-refractivity contribution in [2.75, 3.05) is 63.2 Å². The van der Waals surface area contributed by atoms with E-state index >= 15 is 0 Å². The molecule has 4 aromatic carbocycles. The first kappa shape index (κ1) is 70.1. The predicted octanol–water partition coefficient (Wildman–Crippen LogP) is 7.74. The number of carbonyl (C=O) groups is 4. The molecule has 0 aromatic heterocycles. The van der Waals surface area contributed by atoms with Gasteiger partial charge in [-0.15, -0.1) is 0 Å². The maximum absolute atomic E-state index is 14.0. The van der Waals surface area contributed by atoms with E-state index in [4.69, 9.17) is 38.9 Å². The number of amides is 4. The Morgan fingerprint density at radius 2 is 1.09 bits per heavy atom. The molecule has 0 spiro atoms. The van der Waals surface area contributed by atoms with Gasteiger partial charge in [-0.2, -0.15) is 14.8 Å². The fourth-order valence-corrected chi connectivity index (χ4v) is 12.3. The van der Waals surface area contributed by atoms with Crippen molar-refractivity contribution in [1.29, 1.82) is 10.5 Å². The average Bonchev–Trinajstić information content (AvgIpc) is 4.17. The number of nitrogens with zero attached hydrogens (tertiary/aromatic N) is 3. The smallest absolute Gasteiger partial charge is 0.407 e. The summed E-state index contributed by atoms with van der Waals surface area (Å²) in [6.45, 7) is 15.1. The number of sulfonamides is 1. The SMILES string of the molecule is CC(=O)Nc1ccc(C)cc1.CC(=O)Nc1ccc(S(=O)(=O)N(C[C@@H](O)[C@H](Cc2ccccc2)NC(=O)O[C@H]2CO[C@H]3OCC[C@H]32)CC(C)(C)CCC#N)cc1.CC(C)(CCC#N)CNC[C@@H](O)[C@H](Cc1ccccc1)NC(=O)O[C@H]1CO[C@H]2OCC[C@H]21. The van der Waals surface area contributed by atoms with Gasteiger partial charge in [0.1, 0.15) is 12.2 Å². The van der Waals surface area contributed by atoms with Crippen LogP contribution >= 0.6 is 0 Å². The van der Waals surface area contributed by atoms with Crippen molar-refractivity contribution in [2.24, 2.45) is 22.7 Å². The Bertz CT molecular complexity index is 3040. The second kappa shape index (κ2) is 34.1. The number of aliphatic hydroxyl groups is 2. The van der Waals surface area contributed by atoms with E-state index in [0.717, 1.165) is 29.7 Å². The number of nitrogens with one attached hydrogen (secondary N) is 5. The molecule has 10 atom stereocenters. The number of rotatable bonds is 26. The van der Waals surface area contributed by atoms with Crippen molar-refractivity contribution in [3.05, 3.63) is 126 Å². The largest absolute Gasteiger partial charge is 0.443 e. The molecule has 4 amide bonds. The van der Waals surface area contributed by atoms with Crippen molar-refractivity contribution in [3.63, 3.8) is 0 Å². The molecule has 22 nitrogen and oxygen atoms in total. The van der Waals surface area contributed by atoms with Crippen LogP contribution in [0, 0.1) is 52.3 Å². The highest BCUT2D eigenvalue weighted by molar-refractivity contribution is 7.89. The summed E-state index contributed by atoms with van der Waals surface area (Å²) in [6.07, 6.45) is -0.806. The highest BCUT2D eigenvalue weighted by Crippen LogP contribution is 2.35. The summed E-state index contributed by atoms with van der Waals surface area (Å²) in [7, 11) is -4.16. The van der Waals surface area contributed by atoms with Crippen LogP contribution in [0.3, 0.4) is 0 Å². The van der Waals surface area contributed by atoms with Crippen LogP contribution in [0.25, 0.3) is 0 Å². The molecular weight excluding hydrogens is 1150 g/mol. The van der Waals surface area contributed by atoms with E-state index in [1.54, 1.807) is 0 Å². The van der Waals surface area contributed by atoms with Crippen molar-refractivity contribution in [1.82, 2.24) is 20.3 Å². The summed E-state index contributed by atoms with van der Waals surface area (Å²) in [5, 5.41) is 54.7.